The number of aliphatic hydroxyl groups excluding tert-OH is 1. The smallest absolute Gasteiger partial charge is 0.350 e. The fraction of sp³-hybridized carbons (Fsp3) is 0.429. The van der Waals surface area contributed by atoms with Crippen molar-refractivity contribution in [1.82, 2.24) is 10.3 Å². The van der Waals surface area contributed by atoms with E-state index in [0.29, 0.717) is 17.7 Å². The van der Waals surface area contributed by atoms with Crippen molar-refractivity contribution in [2.24, 2.45) is 16.7 Å². The van der Waals surface area contributed by atoms with Crippen LogP contribution in [0.1, 0.15) is 99.5 Å². The van der Waals surface area contributed by atoms with Gasteiger partial charge in [-0.05, 0) is 84.2 Å². The summed E-state index contributed by atoms with van der Waals surface area (Å²) >= 11 is 0. The van der Waals surface area contributed by atoms with Crippen molar-refractivity contribution in [3.05, 3.63) is 143 Å². The van der Waals surface area contributed by atoms with Crippen molar-refractivity contribution in [2.45, 2.75) is 126 Å². The second kappa shape index (κ2) is 22.5. The number of aromatic nitrogens is 1. The number of hydrogen-bond acceptors (Lipinski definition) is 18. The van der Waals surface area contributed by atoms with E-state index < -0.39 is 119 Å². The van der Waals surface area contributed by atoms with Crippen LogP contribution in [-0.4, -0.2) is 117 Å². The average Bonchev–Trinajstić information content (AvgIpc) is 3.46. The highest BCUT2D eigenvalue weighted by molar-refractivity contribution is 8.76. The minimum atomic E-state index is -2.45. The van der Waals surface area contributed by atoms with Gasteiger partial charge in [0.05, 0.1) is 29.6 Å². The lowest BCUT2D eigenvalue weighted by atomic mass is 9.44. The molecule has 396 valence electrons. The van der Waals surface area contributed by atoms with E-state index in [1.807, 2.05) is 12.1 Å². The Labute approximate surface area is 442 Å². The van der Waals surface area contributed by atoms with Crippen LogP contribution >= 0.6 is 21.6 Å². The average molecular weight is 1070 g/mol. The van der Waals surface area contributed by atoms with E-state index >= 15 is 9.59 Å². The molecule has 2 bridgehead atoms. The zero-order valence-corrected chi connectivity index (χ0v) is 43.9. The predicted octanol–water partition coefficient (Wildman–Crippen LogP) is 6.90. The normalized spacial score (nSPS) is 28.2. The van der Waals surface area contributed by atoms with Crippen molar-refractivity contribution < 1.29 is 72.2 Å². The number of nitrogens with one attached hydrogen (secondary N) is 1. The Balaban J connectivity index is 1.24. The molecule has 2 heterocycles. The molecule has 19 heteroatoms. The van der Waals surface area contributed by atoms with Gasteiger partial charge in [0.1, 0.15) is 35.0 Å². The van der Waals surface area contributed by atoms with Gasteiger partial charge in [-0.25, -0.2) is 14.6 Å². The first kappa shape index (κ1) is 54.9. The van der Waals surface area contributed by atoms with Gasteiger partial charge in [0.2, 0.25) is 6.10 Å². The van der Waals surface area contributed by atoms with E-state index in [-0.39, 0.29) is 41.7 Å². The Hall–Kier alpha value is -6.38. The quantitative estimate of drug-likeness (QED) is 0.0320. The fourth-order valence-electron chi connectivity index (χ4n) is 11.3. The minimum absolute atomic E-state index is 0.0259. The molecule has 0 spiro atoms. The van der Waals surface area contributed by atoms with Crippen molar-refractivity contribution in [3.8, 4) is 0 Å². The molecule has 0 radical (unpaired) electrons. The second-order valence-corrected chi connectivity index (χ2v) is 22.4. The molecule has 1 amide bonds. The molecule has 4 aromatic rings. The largest absolute Gasteiger partial charge is 0.455 e. The molecule has 1 aliphatic heterocycles. The number of fused-ring (bicyclic) bond motifs is 5. The number of pyridine rings is 1. The molecule has 3 N–H and O–H groups in total. The minimum Gasteiger partial charge on any atom is -0.455 e. The first-order chi connectivity index (χ1) is 35.7. The van der Waals surface area contributed by atoms with Crippen molar-refractivity contribution in [2.75, 3.05) is 12.4 Å². The van der Waals surface area contributed by atoms with Gasteiger partial charge in [0.15, 0.2) is 17.5 Å². The maximum atomic E-state index is 15.8. The molecular formula is C56H60N2O15S2. The van der Waals surface area contributed by atoms with Gasteiger partial charge in [-0.2, -0.15) is 0 Å². The topological polar surface area (TPSA) is 240 Å². The van der Waals surface area contributed by atoms with Gasteiger partial charge in [-0.3, -0.25) is 24.0 Å². The Morgan fingerprint density at radius 1 is 0.840 bits per heavy atom. The lowest BCUT2D eigenvalue weighted by Gasteiger charge is -2.67. The summed E-state index contributed by atoms with van der Waals surface area (Å²) in [6.07, 6.45) is -8.80. The van der Waals surface area contributed by atoms with Gasteiger partial charge in [0, 0.05) is 56.0 Å². The van der Waals surface area contributed by atoms with Crippen molar-refractivity contribution in [1.29, 1.82) is 0 Å². The van der Waals surface area contributed by atoms with Crippen LogP contribution < -0.4 is 5.32 Å². The molecule has 4 aliphatic rings. The molecule has 3 aromatic carbocycles. The Bertz CT molecular complexity index is 2820. The molecule has 0 unspecified atom stereocenters. The highest BCUT2D eigenvalue weighted by Crippen LogP contribution is 2.64. The predicted molar refractivity (Wildman–Crippen MR) is 273 cm³/mol. The molecule has 1 saturated heterocycles. The van der Waals surface area contributed by atoms with Crippen LogP contribution in [0.5, 0.6) is 0 Å². The zero-order valence-electron chi connectivity index (χ0n) is 42.3. The molecule has 1 aromatic heterocycles. The monoisotopic (exact) mass is 1060 g/mol. The SMILES string of the molecule is CC(=O)O[C@H]1C(=O)[C@@]2(C)[C@H]([C@H](OC(=O)c3ccccc3)[C@]3(O)C[C@H](OC(=O)[C@H](OC(=O)CCCSSc4ccccn4)[C@@H](NC(=O)c4ccccc4)c4ccccc4)C(C)=C1C3(C)C)[C@]1(OC(C)=O)CO[C@@H]1C[C@@H]2O. The number of hydrogen-bond donors (Lipinski definition) is 3. The van der Waals surface area contributed by atoms with Gasteiger partial charge >= 0.3 is 29.8 Å². The standard InChI is InChI=1S/C56H60N2O15S2/c1-32-38(70-52(66)46(71-42(62)26-18-28-74-75-41-25-16-17-27-57-41)44(35-19-10-7-11-20-35)58-50(64)36-21-12-8-13-22-36)30-56(67)49(72-51(65)37-23-14-9-15-24-37)47-54(6,39(61)29-40-55(47,31-68-40)73-34(3)60)48(63)45(69-33(2)59)43(32)53(56,4)5/h7-17,19-25,27,38-40,44-47,49,61,67H,18,26,28-31H2,1-6H3,(H,58,64)/t38-,39-,40+,44-,45+,46+,47-,49-,54+,55-,56+/m0/s1. The highest BCUT2D eigenvalue weighted by Gasteiger charge is 2.78. The third-order valence-electron chi connectivity index (χ3n) is 15.1. The summed E-state index contributed by atoms with van der Waals surface area (Å²) < 4.78 is 37.1. The Morgan fingerprint density at radius 2 is 1.48 bits per heavy atom. The van der Waals surface area contributed by atoms with Gasteiger partial charge in [0.25, 0.3) is 5.91 Å². The summed E-state index contributed by atoms with van der Waals surface area (Å²) in [6.45, 7) is 7.97. The fourth-order valence-corrected chi connectivity index (χ4v) is 13.2. The zero-order chi connectivity index (χ0) is 53.9. The van der Waals surface area contributed by atoms with E-state index in [2.05, 4.69) is 10.3 Å². The van der Waals surface area contributed by atoms with Crippen molar-refractivity contribution >= 4 is 63.1 Å². The van der Waals surface area contributed by atoms with E-state index in [1.54, 1.807) is 105 Å². The highest BCUT2D eigenvalue weighted by atomic mass is 33.1. The van der Waals surface area contributed by atoms with Crippen LogP contribution in [0.15, 0.2) is 132 Å². The van der Waals surface area contributed by atoms with Crippen LogP contribution in [0.3, 0.4) is 0 Å². The summed E-state index contributed by atoms with van der Waals surface area (Å²) in [5.74, 6) is -7.21. The lowest BCUT2D eigenvalue weighted by Crippen LogP contribution is -2.82. The lowest BCUT2D eigenvalue weighted by molar-refractivity contribution is -0.346. The first-order valence-electron chi connectivity index (χ1n) is 24.6. The van der Waals surface area contributed by atoms with Gasteiger partial charge in [-0.15, -0.1) is 0 Å². The third-order valence-corrected chi connectivity index (χ3v) is 17.5. The molecule has 3 aliphatic carbocycles. The second-order valence-electron chi connectivity index (χ2n) is 20.0. The van der Waals surface area contributed by atoms with Crippen LogP contribution in [0.2, 0.25) is 0 Å². The van der Waals surface area contributed by atoms with Crippen molar-refractivity contribution in [3.63, 3.8) is 0 Å². The number of ether oxygens (including phenoxy) is 6. The van der Waals surface area contributed by atoms with Crippen LogP contribution in [0, 0.1) is 16.7 Å². The summed E-state index contributed by atoms with van der Waals surface area (Å²) in [5.41, 5.74) is -7.31. The van der Waals surface area contributed by atoms with Crippen LogP contribution in [-0.2, 0) is 52.4 Å². The van der Waals surface area contributed by atoms with Crippen LogP contribution in [0.25, 0.3) is 0 Å². The molecule has 11 atom stereocenters. The van der Waals surface area contributed by atoms with E-state index in [9.17, 15) is 34.2 Å². The molecule has 17 nitrogen and oxygen atoms in total. The molecule has 8 rings (SSSR count). The Morgan fingerprint density at radius 3 is 2.08 bits per heavy atom. The van der Waals surface area contributed by atoms with Gasteiger partial charge in [-0.1, -0.05) is 97.4 Å². The molecule has 2 saturated carbocycles. The number of rotatable bonds is 17. The molecular weight excluding hydrogens is 1000 g/mol. The number of ketones is 1. The number of carbonyl (C=O) groups excluding carboxylic acids is 7. The van der Waals surface area contributed by atoms with E-state index in [1.165, 1.54) is 47.6 Å². The van der Waals surface area contributed by atoms with E-state index in [0.717, 1.165) is 18.9 Å². The summed E-state index contributed by atoms with van der Waals surface area (Å²) in [7, 11) is 2.91. The maximum absolute atomic E-state index is 15.8. The number of Topliss-reactive ketones (excluding diaryl/α,β-unsaturated/α-hetero) is 1. The number of esters is 5. The number of amides is 1. The van der Waals surface area contributed by atoms with Gasteiger partial charge < -0.3 is 44.0 Å². The maximum Gasteiger partial charge on any atom is 0.350 e. The number of carbonyl (C=O) groups is 7. The number of benzene rings is 3. The molecule has 75 heavy (non-hydrogen) atoms. The summed E-state index contributed by atoms with van der Waals surface area (Å²) in [6, 6.07) is 28.6. The number of nitrogens with zero attached hydrogens (tertiary/aromatic N) is 1. The third kappa shape index (κ3) is 10.7. The van der Waals surface area contributed by atoms with E-state index in [4.69, 9.17) is 28.4 Å². The van der Waals surface area contributed by atoms with Crippen LogP contribution in [0.4, 0.5) is 0 Å². The molecule has 3 fully saturated rings. The summed E-state index contributed by atoms with van der Waals surface area (Å²) in [5, 5.41) is 29.9. The Kier molecular flexibility index (Phi) is 16.4. The first-order valence-corrected chi connectivity index (χ1v) is 27.0. The number of aliphatic hydroxyl groups is 2. The summed E-state index contributed by atoms with van der Waals surface area (Å²) in [4.78, 5) is 104.